The molecule has 2 N–H and O–H groups in total. The zero-order valence-electron chi connectivity index (χ0n) is 14.3. The summed E-state index contributed by atoms with van der Waals surface area (Å²) >= 11 is 0. The van der Waals surface area contributed by atoms with Crippen LogP contribution in [-0.2, 0) is 21.2 Å². The first-order valence-corrected chi connectivity index (χ1v) is 9.65. The summed E-state index contributed by atoms with van der Waals surface area (Å²) in [5.74, 6) is 0.484. The Balaban J connectivity index is 1.67. The number of amides is 1. The van der Waals surface area contributed by atoms with Crippen LogP contribution >= 0.6 is 0 Å². The van der Waals surface area contributed by atoms with Crippen LogP contribution in [0.3, 0.4) is 0 Å². The number of hydrogen-bond acceptors (Lipinski definition) is 5. The lowest BCUT2D eigenvalue weighted by Crippen LogP contribution is -2.14. The fourth-order valence-corrected chi connectivity index (χ4v) is 3.11. The standard InChI is InChI=1S/C18H18N2O5S/c1-24-15-7-8-16-12(11-25-17(16)10-15)9-18(21)19-13-3-5-14(6-4-13)20-26(2,22)23/h3-8,10-11,20H,9H2,1-2H3,(H,19,21). The van der Waals surface area contributed by atoms with Gasteiger partial charge in [-0.25, -0.2) is 8.42 Å². The first-order valence-electron chi connectivity index (χ1n) is 7.76. The molecule has 1 heterocycles. The zero-order valence-corrected chi connectivity index (χ0v) is 15.1. The second kappa shape index (κ2) is 7.09. The van der Waals surface area contributed by atoms with E-state index in [1.165, 1.54) is 0 Å². The van der Waals surface area contributed by atoms with Crippen molar-refractivity contribution in [3.63, 3.8) is 0 Å². The van der Waals surface area contributed by atoms with Gasteiger partial charge in [0.15, 0.2) is 0 Å². The summed E-state index contributed by atoms with van der Waals surface area (Å²) in [4.78, 5) is 12.3. The summed E-state index contributed by atoms with van der Waals surface area (Å²) in [7, 11) is -1.75. The minimum absolute atomic E-state index is 0.155. The van der Waals surface area contributed by atoms with Gasteiger partial charge in [0, 0.05) is 28.4 Å². The van der Waals surface area contributed by atoms with Crippen LogP contribution in [0.1, 0.15) is 5.56 Å². The van der Waals surface area contributed by atoms with Gasteiger partial charge in [0.1, 0.15) is 11.3 Å². The van der Waals surface area contributed by atoms with Crippen LogP contribution in [0.15, 0.2) is 53.1 Å². The second-order valence-corrected chi connectivity index (χ2v) is 7.55. The Morgan fingerprint density at radius 1 is 1.12 bits per heavy atom. The maximum Gasteiger partial charge on any atom is 0.229 e. The summed E-state index contributed by atoms with van der Waals surface area (Å²) in [5, 5.41) is 3.63. The van der Waals surface area contributed by atoms with Gasteiger partial charge in [-0.15, -0.1) is 0 Å². The number of hydrogen-bond donors (Lipinski definition) is 2. The number of furan rings is 1. The molecule has 26 heavy (non-hydrogen) atoms. The molecule has 136 valence electrons. The lowest BCUT2D eigenvalue weighted by molar-refractivity contribution is -0.115. The molecule has 3 rings (SSSR count). The molecule has 2 aromatic carbocycles. The van der Waals surface area contributed by atoms with Crippen molar-refractivity contribution in [2.45, 2.75) is 6.42 Å². The number of ether oxygens (including phenoxy) is 1. The van der Waals surface area contributed by atoms with E-state index >= 15 is 0 Å². The maximum absolute atomic E-state index is 12.3. The van der Waals surface area contributed by atoms with Crippen LogP contribution in [0.2, 0.25) is 0 Å². The van der Waals surface area contributed by atoms with Crippen LogP contribution < -0.4 is 14.8 Å². The number of fused-ring (bicyclic) bond motifs is 1. The molecule has 0 saturated heterocycles. The quantitative estimate of drug-likeness (QED) is 0.691. The van der Waals surface area contributed by atoms with E-state index in [0.717, 1.165) is 17.2 Å². The Hall–Kier alpha value is -3.00. The van der Waals surface area contributed by atoms with Crippen molar-refractivity contribution in [2.75, 3.05) is 23.4 Å². The van der Waals surface area contributed by atoms with Crippen molar-refractivity contribution in [2.24, 2.45) is 0 Å². The highest BCUT2D eigenvalue weighted by Gasteiger charge is 2.12. The first kappa shape index (κ1) is 17.8. The van der Waals surface area contributed by atoms with Crippen LogP contribution in [0.25, 0.3) is 11.0 Å². The van der Waals surface area contributed by atoms with E-state index in [1.54, 1.807) is 43.7 Å². The van der Waals surface area contributed by atoms with Gasteiger partial charge in [-0.05, 0) is 36.4 Å². The fourth-order valence-electron chi connectivity index (χ4n) is 2.54. The number of carbonyl (C=O) groups excluding carboxylic acids is 1. The van der Waals surface area contributed by atoms with Crippen molar-refractivity contribution in [3.05, 3.63) is 54.3 Å². The molecule has 0 aliphatic heterocycles. The molecule has 0 fully saturated rings. The summed E-state index contributed by atoms with van der Waals surface area (Å²) in [5.41, 5.74) is 2.43. The molecule has 3 aromatic rings. The smallest absolute Gasteiger partial charge is 0.229 e. The average Bonchev–Trinajstić information content (AvgIpc) is 2.97. The minimum Gasteiger partial charge on any atom is -0.497 e. The Bertz CT molecular complexity index is 1040. The number of anilines is 2. The van der Waals surface area contributed by atoms with Crippen molar-refractivity contribution >= 4 is 38.3 Å². The third kappa shape index (κ3) is 4.34. The van der Waals surface area contributed by atoms with Gasteiger partial charge in [-0.3, -0.25) is 9.52 Å². The van der Waals surface area contributed by atoms with E-state index in [0.29, 0.717) is 22.7 Å². The maximum atomic E-state index is 12.3. The highest BCUT2D eigenvalue weighted by molar-refractivity contribution is 7.92. The number of benzene rings is 2. The Morgan fingerprint density at radius 3 is 2.46 bits per heavy atom. The van der Waals surface area contributed by atoms with E-state index in [4.69, 9.17) is 9.15 Å². The van der Waals surface area contributed by atoms with Gasteiger partial charge < -0.3 is 14.5 Å². The number of sulfonamides is 1. The number of rotatable bonds is 6. The lowest BCUT2D eigenvalue weighted by Gasteiger charge is -2.07. The highest BCUT2D eigenvalue weighted by atomic mass is 32.2. The third-order valence-corrected chi connectivity index (χ3v) is 4.29. The number of carbonyl (C=O) groups is 1. The van der Waals surface area contributed by atoms with E-state index in [-0.39, 0.29) is 12.3 Å². The lowest BCUT2D eigenvalue weighted by atomic mass is 10.1. The number of methoxy groups -OCH3 is 1. The summed E-state index contributed by atoms with van der Waals surface area (Å²) < 4.78 is 35.4. The molecule has 1 aromatic heterocycles. The Morgan fingerprint density at radius 2 is 1.81 bits per heavy atom. The van der Waals surface area contributed by atoms with Gasteiger partial charge in [0.25, 0.3) is 0 Å². The van der Waals surface area contributed by atoms with E-state index in [9.17, 15) is 13.2 Å². The first-order chi connectivity index (χ1) is 12.3. The summed E-state index contributed by atoms with van der Waals surface area (Å²) in [6.07, 6.45) is 2.79. The van der Waals surface area contributed by atoms with Gasteiger partial charge in [0.2, 0.25) is 15.9 Å². The largest absolute Gasteiger partial charge is 0.497 e. The van der Waals surface area contributed by atoms with Crippen molar-refractivity contribution in [1.82, 2.24) is 0 Å². The second-order valence-electron chi connectivity index (χ2n) is 5.80. The minimum atomic E-state index is -3.33. The molecular formula is C18H18N2O5S. The predicted octanol–water partition coefficient (Wildman–Crippen LogP) is 2.99. The van der Waals surface area contributed by atoms with Crippen molar-refractivity contribution in [1.29, 1.82) is 0 Å². The normalized spacial score (nSPS) is 11.3. The monoisotopic (exact) mass is 374 g/mol. The fraction of sp³-hybridized carbons (Fsp3) is 0.167. The van der Waals surface area contributed by atoms with Crippen molar-refractivity contribution in [3.8, 4) is 5.75 Å². The topological polar surface area (TPSA) is 97.6 Å². The molecule has 0 aliphatic carbocycles. The molecule has 0 bridgehead atoms. The molecule has 0 radical (unpaired) electrons. The molecule has 0 saturated carbocycles. The molecular weight excluding hydrogens is 356 g/mol. The SMILES string of the molecule is COc1ccc2c(CC(=O)Nc3ccc(NS(C)(=O)=O)cc3)coc2c1. The van der Waals surface area contributed by atoms with Gasteiger partial charge in [0.05, 0.1) is 26.0 Å². The van der Waals surface area contributed by atoms with Crippen LogP contribution in [0, 0.1) is 0 Å². The summed E-state index contributed by atoms with van der Waals surface area (Å²) in [6.45, 7) is 0. The van der Waals surface area contributed by atoms with E-state index in [1.807, 2.05) is 12.1 Å². The zero-order chi connectivity index (χ0) is 18.7. The molecule has 7 nitrogen and oxygen atoms in total. The predicted molar refractivity (Wildman–Crippen MR) is 100 cm³/mol. The molecule has 0 atom stereocenters. The van der Waals surface area contributed by atoms with Crippen LogP contribution in [0.4, 0.5) is 11.4 Å². The number of nitrogens with one attached hydrogen (secondary N) is 2. The van der Waals surface area contributed by atoms with E-state index < -0.39 is 10.0 Å². The van der Waals surface area contributed by atoms with Gasteiger partial charge in [-0.2, -0.15) is 0 Å². The van der Waals surface area contributed by atoms with Gasteiger partial charge in [-0.1, -0.05) is 0 Å². The Kier molecular flexibility index (Phi) is 4.85. The molecule has 8 heteroatoms. The van der Waals surface area contributed by atoms with Crippen LogP contribution in [-0.4, -0.2) is 27.7 Å². The third-order valence-electron chi connectivity index (χ3n) is 3.69. The molecule has 0 spiro atoms. The van der Waals surface area contributed by atoms with Crippen LogP contribution in [0.5, 0.6) is 5.75 Å². The van der Waals surface area contributed by atoms with Crippen molar-refractivity contribution < 1.29 is 22.4 Å². The highest BCUT2D eigenvalue weighted by Crippen LogP contribution is 2.26. The van der Waals surface area contributed by atoms with Gasteiger partial charge >= 0.3 is 0 Å². The van der Waals surface area contributed by atoms with E-state index in [2.05, 4.69) is 10.0 Å². The molecule has 1 amide bonds. The Labute approximate surface area is 151 Å². The molecule has 0 unspecified atom stereocenters. The average molecular weight is 374 g/mol. The molecule has 0 aliphatic rings. The summed E-state index contributed by atoms with van der Waals surface area (Å²) in [6, 6.07) is 11.9.